The Hall–Kier alpha value is -2.52. The van der Waals surface area contributed by atoms with Crippen LogP contribution in [0.3, 0.4) is 0 Å². The van der Waals surface area contributed by atoms with Gasteiger partial charge in [0.05, 0.1) is 28.7 Å². The SMILES string of the molecule is O=C(CSc1nnc(N2CCCC2)n1-c1ccccc1Cl)Nc1ccnn1C1CCCC1. The first-order valence-electron chi connectivity index (χ1n) is 11.1. The summed E-state index contributed by atoms with van der Waals surface area (Å²) >= 11 is 7.87. The maximum atomic E-state index is 12.8. The summed E-state index contributed by atoms with van der Waals surface area (Å²) in [5.74, 6) is 1.66. The Labute approximate surface area is 196 Å². The molecule has 3 heterocycles. The standard InChI is InChI=1S/C22H26ClN7OS/c23-17-9-3-4-10-18(17)29-21(28-13-5-6-14-28)26-27-22(29)32-15-20(31)25-19-11-12-24-30(19)16-7-1-2-8-16/h3-4,9-12,16H,1-2,5-8,13-15H2,(H,25,31). The van der Waals surface area contributed by atoms with E-state index < -0.39 is 0 Å². The maximum Gasteiger partial charge on any atom is 0.235 e. The first kappa shape index (κ1) is 21.3. The molecule has 0 bridgehead atoms. The number of halogens is 1. The summed E-state index contributed by atoms with van der Waals surface area (Å²) in [6, 6.07) is 9.89. The van der Waals surface area contributed by atoms with Gasteiger partial charge in [-0.05, 0) is 37.8 Å². The normalized spacial score (nSPS) is 16.7. The average molecular weight is 472 g/mol. The summed E-state index contributed by atoms with van der Waals surface area (Å²) in [5, 5.41) is 17.6. The summed E-state index contributed by atoms with van der Waals surface area (Å²) in [6.45, 7) is 1.89. The number of nitrogens with zero attached hydrogens (tertiary/aromatic N) is 6. The molecule has 0 spiro atoms. The van der Waals surface area contributed by atoms with Crippen molar-refractivity contribution in [1.29, 1.82) is 0 Å². The number of rotatable bonds is 7. The second-order valence-corrected chi connectivity index (χ2v) is 9.55. The molecule has 1 aliphatic carbocycles. The van der Waals surface area contributed by atoms with E-state index in [0.29, 0.717) is 16.2 Å². The highest BCUT2D eigenvalue weighted by molar-refractivity contribution is 7.99. The number of para-hydroxylation sites is 1. The largest absolute Gasteiger partial charge is 0.341 e. The first-order valence-corrected chi connectivity index (χ1v) is 12.5. The lowest BCUT2D eigenvalue weighted by Crippen LogP contribution is -2.22. The quantitative estimate of drug-likeness (QED) is 0.508. The van der Waals surface area contributed by atoms with Crippen molar-refractivity contribution >= 4 is 41.0 Å². The van der Waals surface area contributed by atoms with Crippen LogP contribution in [0.5, 0.6) is 0 Å². The molecule has 2 aliphatic rings. The van der Waals surface area contributed by atoms with Gasteiger partial charge in [-0.3, -0.25) is 9.36 Å². The second kappa shape index (κ2) is 9.54. The molecule has 5 rings (SSSR count). The van der Waals surface area contributed by atoms with E-state index in [0.717, 1.165) is 56.2 Å². The van der Waals surface area contributed by atoms with Crippen molar-refractivity contribution in [2.45, 2.75) is 49.7 Å². The fourth-order valence-electron chi connectivity index (χ4n) is 4.48. The molecular weight excluding hydrogens is 446 g/mol. The van der Waals surface area contributed by atoms with E-state index in [9.17, 15) is 4.79 Å². The van der Waals surface area contributed by atoms with E-state index in [1.54, 1.807) is 6.20 Å². The Kier molecular flexibility index (Phi) is 6.36. The van der Waals surface area contributed by atoms with E-state index in [-0.39, 0.29) is 11.7 Å². The number of carbonyl (C=O) groups is 1. The van der Waals surface area contributed by atoms with Gasteiger partial charge in [0.1, 0.15) is 5.82 Å². The predicted octanol–water partition coefficient (Wildman–Crippen LogP) is 4.56. The summed E-state index contributed by atoms with van der Waals surface area (Å²) in [7, 11) is 0. The summed E-state index contributed by atoms with van der Waals surface area (Å²) in [4.78, 5) is 15.0. The number of thioether (sulfide) groups is 1. The fraction of sp³-hybridized carbons (Fsp3) is 0.455. The van der Waals surface area contributed by atoms with Gasteiger partial charge in [-0.15, -0.1) is 10.2 Å². The van der Waals surface area contributed by atoms with Gasteiger partial charge in [-0.2, -0.15) is 5.10 Å². The lowest BCUT2D eigenvalue weighted by atomic mass is 10.2. The zero-order valence-electron chi connectivity index (χ0n) is 17.8. The first-order chi connectivity index (χ1) is 15.7. The molecule has 10 heteroatoms. The minimum atomic E-state index is -0.0915. The van der Waals surface area contributed by atoms with Crippen LogP contribution in [0, 0.1) is 0 Å². The van der Waals surface area contributed by atoms with Gasteiger partial charge in [0.2, 0.25) is 11.9 Å². The van der Waals surface area contributed by atoms with E-state index in [4.69, 9.17) is 11.6 Å². The topological polar surface area (TPSA) is 80.9 Å². The maximum absolute atomic E-state index is 12.8. The van der Waals surface area contributed by atoms with E-state index in [1.807, 2.05) is 39.6 Å². The minimum absolute atomic E-state index is 0.0915. The van der Waals surface area contributed by atoms with Crippen LogP contribution in [0.15, 0.2) is 41.7 Å². The molecule has 8 nitrogen and oxygen atoms in total. The van der Waals surface area contributed by atoms with Crippen LogP contribution in [0.2, 0.25) is 5.02 Å². The monoisotopic (exact) mass is 471 g/mol. The third-order valence-corrected chi connectivity index (χ3v) is 7.29. The summed E-state index contributed by atoms with van der Waals surface area (Å²) in [5.41, 5.74) is 0.822. The molecule has 1 saturated carbocycles. The summed E-state index contributed by atoms with van der Waals surface area (Å²) < 4.78 is 3.92. The molecule has 2 fully saturated rings. The lowest BCUT2D eigenvalue weighted by Gasteiger charge is -2.19. The number of benzene rings is 1. The van der Waals surface area contributed by atoms with E-state index in [1.165, 1.54) is 24.6 Å². The zero-order chi connectivity index (χ0) is 21.9. The smallest absolute Gasteiger partial charge is 0.235 e. The molecule has 32 heavy (non-hydrogen) atoms. The van der Waals surface area contributed by atoms with Crippen molar-refractivity contribution in [3.8, 4) is 5.69 Å². The van der Waals surface area contributed by atoms with E-state index >= 15 is 0 Å². The molecule has 1 amide bonds. The Morgan fingerprint density at radius 2 is 1.88 bits per heavy atom. The van der Waals surface area contributed by atoms with Crippen LogP contribution in [0.4, 0.5) is 11.8 Å². The van der Waals surface area contributed by atoms with Crippen molar-refractivity contribution < 1.29 is 4.79 Å². The van der Waals surface area contributed by atoms with Crippen LogP contribution in [0.1, 0.15) is 44.6 Å². The third kappa shape index (κ3) is 4.36. The number of hydrogen-bond donors (Lipinski definition) is 1. The highest BCUT2D eigenvalue weighted by Crippen LogP contribution is 2.33. The number of nitrogens with one attached hydrogen (secondary N) is 1. The van der Waals surface area contributed by atoms with Gasteiger partial charge in [0, 0.05) is 19.2 Å². The third-order valence-electron chi connectivity index (χ3n) is 6.04. The number of amides is 1. The molecule has 168 valence electrons. The van der Waals surface area contributed by atoms with Crippen LogP contribution >= 0.6 is 23.4 Å². The van der Waals surface area contributed by atoms with E-state index in [2.05, 4.69) is 25.5 Å². The van der Waals surface area contributed by atoms with Gasteiger partial charge in [-0.25, -0.2) is 4.68 Å². The lowest BCUT2D eigenvalue weighted by molar-refractivity contribution is -0.113. The Bertz CT molecular complexity index is 1090. The molecule has 1 aliphatic heterocycles. The Morgan fingerprint density at radius 3 is 2.66 bits per heavy atom. The van der Waals surface area contributed by atoms with Gasteiger partial charge in [0.15, 0.2) is 5.16 Å². The highest BCUT2D eigenvalue weighted by Gasteiger charge is 2.24. The average Bonchev–Trinajstić information content (AvgIpc) is 3.59. The number of hydrogen-bond acceptors (Lipinski definition) is 6. The zero-order valence-corrected chi connectivity index (χ0v) is 19.4. The molecule has 0 radical (unpaired) electrons. The summed E-state index contributed by atoms with van der Waals surface area (Å²) in [6.07, 6.45) is 8.66. The highest BCUT2D eigenvalue weighted by atomic mass is 35.5. The molecule has 0 unspecified atom stereocenters. The van der Waals surface area contributed by atoms with Crippen molar-refractivity contribution in [3.05, 3.63) is 41.6 Å². The molecule has 1 saturated heterocycles. The fourth-order valence-corrected chi connectivity index (χ4v) is 5.44. The van der Waals surface area contributed by atoms with Crippen molar-refractivity contribution in [1.82, 2.24) is 24.5 Å². The molecular formula is C22H26ClN7OS. The molecule has 2 aromatic heterocycles. The molecule has 1 aromatic carbocycles. The van der Waals surface area contributed by atoms with Gasteiger partial charge < -0.3 is 10.2 Å². The van der Waals surface area contributed by atoms with Crippen molar-refractivity contribution in [2.75, 3.05) is 29.1 Å². The number of aromatic nitrogens is 5. The molecule has 1 N–H and O–H groups in total. The molecule has 0 atom stereocenters. The Balaban J connectivity index is 1.33. The minimum Gasteiger partial charge on any atom is -0.341 e. The van der Waals surface area contributed by atoms with Crippen LogP contribution < -0.4 is 10.2 Å². The number of anilines is 2. The second-order valence-electron chi connectivity index (χ2n) is 8.20. The van der Waals surface area contributed by atoms with Gasteiger partial charge in [-0.1, -0.05) is 48.3 Å². The van der Waals surface area contributed by atoms with Crippen molar-refractivity contribution in [2.24, 2.45) is 0 Å². The van der Waals surface area contributed by atoms with Crippen molar-refractivity contribution in [3.63, 3.8) is 0 Å². The van der Waals surface area contributed by atoms with Crippen LogP contribution in [-0.2, 0) is 4.79 Å². The Morgan fingerprint density at radius 1 is 1.09 bits per heavy atom. The van der Waals surface area contributed by atoms with Gasteiger partial charge >= 0.3 is 0 Å². The van der Waals surface area contributed by atoms with Crippen LogP contribution in [0.25, 0.3) is 5.69 Å². The number of carbonyl (C=O) groups excluding carboxylic acids is 1. The predicted molar refractivity (Wildman–Crippen MR) is 127 cm³/mol. The molecule has 3 aromatic rings. The van der Waals surface area contributed by atoms with Crippen LogP contribution in [-0.4, -0.2) is 49.3 Å². The van der Waals surface area contributed by atoms with Gasteiger partial charge in [0.25, 0.3) is 0 Å².